The lowest BCUT2D eigenvalue weighted by molar-refractivity contribution is -0.138. The number of urea groups is 1. The zero-order valence-corrected chi connectivity index (χ0v) is 18.1. The molecule has 0 bridgehead atoms. The van der Waals surface area contributed by atoms with Crippen molar-refractivity contribution in [1.29, 1.82) is 0 Å². The molecular formula is C20H28N4O5S. The third-order valence-corrected chi connectivity index (χ3v) is 7.21. The van der Waals surface area contributed by atoms with Crippen LogP contribution in [0.25, 0.3) is 0 Å². The SMILES string of the molecule is CCOC(=O)C1=C(CNc2ccc(C)c(S(=O)(=O)N3CCCCC3)c2)NC(=O)NC1. The van der Waals surface area contributed by atoms with Crippen LogP contribution < -0.4 is 16.0 Å². The summed E-state index contributed by atoms with van der Waals surface area (Å²) in [6.45, 7) is 5.00. The summed E-state index contributed by atoms with van der Waals surface area (Å²) in [6.07, 6.45) is 2.79. The molecule has 0 aliphatic carbocycles. The number of aryl methyl sites for hydroxylation is 1. The van der Waals surface area contributed by atoms with Crippen molar-refractivity contribution in [2.45, 2.75) is 38.0 Å². The van der Waals surface area contributed by atoms with Crippen LogP contribution in [-0.4, -0.2) is 57.5 Å². The van der Waals surface area contributed by atoms with Gasteiger partial charge in [0.05, 0.1) is 35.9 Å². The second-order valence-corrected chi connectivity index (χ2v) is 9.19. The number of nitrogens with zero attached hydrogens (tertiary/aromatic N) is 1. The predicted octanol–water partition coefficient (Wildman–Crippen LogP) is 1.71. The van der Waals surface area contributed by atoms with Crippen molar-refractivity contribution in [3.8, 4) is 0 Å². The van der Waals surface area contributed by atoms with Gasteiger partial charge < -0.3 is 20.7 Å². The van der Waals surface area contributed by atoms with Gasteiger partial charge in [0, 0.05) is 18.8 Å². The largest absolute Gasteiger partial charge is 0.463 e. The van der Waals surface area contributed by atoms with Gasteiger partial charge >= 0.3 is 12.0 Å². The van der Waals surface area contributed by atoms with E-state index in [1.165, 1.54) is 4.31 Å². The molecule has 9 nitrogen and oxygen atoms in total. The summed E-state index contributed by atoms with van der Waals surface area (Å²) in [7, 11) is -3.57. The Bertz CT molecular complexity index is 952. The van der Waals surface area contributed by atoms with E-state index < -0.39 is 22.0 Å². The Kier molecular flexibility index (Phi) is 6.99. The van der Waals surface area contributed by atoms with E-state index in [2.05, 4.69) is 16.0 Å². The second-order valence-electron chi connectivity index (χ2n) is 7.28. The minimum Gasteiger partial charge on any atom is -0.463 e. The molecule has 2 aliphatic heterocycles. The van der Waals surface area contributed by atoms with Crippen molar-refractivity contribution in [3.05, 3.63) is 35.0 Å². The fourth-order valence-corrected chi connectivity index (χ4v) is 5.29. The van der Waals surface area contributed by atoms with Crippen LogP contribution in [0, 0.1) is 6.92 Å². The molecule has 1 aromatic carbocycles. The van der Waals surface area contributed by atoms with Gasteiger partial charge in [-0.25, -0.2) is 18.0 Å². The number of amides is 2. The lowest BCUT2D eigenvalue weighted by Crippen LogP contribution is -2.45. The molecule has 0 unspecified atom stereocenters. The summed E-state index contributed by atoms with van der Waals surface area (Å²) in [5.41, 5.74) is 1.99. The first-order valence-corrected chi connectivity index (χ1v) is 11.6. The highest BCUT2D eigenvalue weighted by Gasteiger charge is 2.28. The Labute approximate surface area is 176 Å². The fraction of sp³-hybridized carbons (Fsp3) is 0.500. The molecule has 0 aromatic heterocycles. The van der Waals surface area contributed by atoms with Gasteiger partial charge in [-0.05, 0) is 44.4 Å². The van der Waals surface area contributed by atoms with Crippen LogP contribution in [0.3, 0.4) is 0 Å². The number of carbonyl (C=O) groups is 2. The maximum Gasteiger partial charge on any atom is 0.337 e. The van der Waals surface area contributed by atoms with Gasteiger partial charge in [-0.1, -0.05) is 12.5 Å². The highest BCUT2D eigenvalue weighted by molar-refractivity contribution is 7.89. The van der Waals surface area contributed by atoms with Gasteiger partial charge in [0.2, 0.25) is 10.0 Å². The van der Waals surface area contributed by atoms with Crippen LogP contribution in [0.5, 0.6) is 0 Å². The standard InChI is InChI=1S/C20H28N4O5S/c1-3-29-19(25)16-12-22-20(26)23-17(16)13-21-15-8-7-14(2)18(11-15)30(27,28)24-9-5-4-6-10-24/h7-8,11,21H,3-6,9-10,12-13H2,1-2H3,(H2,22,23,26). The van der Waals surface area contributed by atoms with E-state index in [9.17, 15) is 18.0 Å². The van der Waals surface area contributed by atoms with E-state index in [-0.39, 0.29) is 24.6 Å². The second kappa shape index (κ2) is 9.48. The zero-order valence-electron chi connectivity index (χ0n) is 17.3. The molecular weight excluding hydrogens is 408 g/mol. The van der Waals surface area contributed by atoms with Gasteiger partial charge in [-0.3, -0.25) is 0 Å². The molecule has 0 spiro atoms. The Morgan fingerprint density at radius 3 is 2.67 bits per heavy atom. The van der Waals surface area contributed by atoms with E-state index in [1.807, 2.05) is 0 Å². The summed E-state index contributed by atoms with van der Waals surface area (Å²) in [5.74, 6) is -0.501. The lowest BCUT2D eigenvalue weighted by atomic mass is 10.1. The number of piperidine rings is 1. The molecule has 164 valence electrons. The van der Waals surface area contributed by atoms with E-state index >= 15 is 0 Å². The molecule has 2 amide bonds. The van der Waals surface area contributed by atoms with Gasteiger partial charge in [-0.2, -0.15) is 4.31 Å². The average molecular weight is 437 g/mol. The summed E-state index contributed by atoms with van der Waals surface area (Å²) in [5, 5.41) is 8.29. The molecule has 30 heavy (non-hydrogen) atoms. The Balaban J connectivity index is 1.81. The molecule has 1 aromatic rings. The van der Waals surface area contributed by atoms with Gasteiger partial charge in [0.1, 0.15) is 0 Å². The number of nitrogens with one attached hydrogen (secondary N) is 3. The number of anilines is 1. The minimum atomic E-state index is -3.57. The third-order valence-electron chi connectivity index (χ3n) is 5.17. The third kappa shape index (κ3) is 4.93. The maximum absolute atomic E-state index is 13.1. The van der Waals surface area contributed by atoms with Crippen molar-refractivity contribution >= 4 is 27.7 Å². The van der Waals surface area contributed by atoms with Crippen LogP contribution in [0.2, 0.25) is 0 Å². The minimum absolute atomic E-state index is 0.0736. The number of esters is 1. The van der Waals surface area contributed by atoms with Crippen molar-refractivity contribution in [2.75, 3.05) is 38.1 Å². The van der Waals surface area contributed by atoms with Gasteiger partial charge in [-0.15, -0.1) is 0 Å². The van der Waals surface area contributed by atoms with Crippen molar-refractivity contribution in [3.63, 3.8) is 0 Å². The van der Waals surface area contributed by atoms with Crippen molar-refractivity contribution in [1.82, 2.24) is 14.9 Å². The monoisotopic (exact) mass is 436 g/mol. The first-order valence-electron chi connectivity index (χ1n) is 10.1. The van der Waals surface area contributed by atoms with Crippen LogP contribution in [0.4, 0.5) is 10.5 Å². The molecule has 1 saturated heterocycles. The smallest absolute Gasteiger partial charge is 0.337 e. The topological polar surface area (TPSA) is 117 Å². The van der Waals surface area contributed by atoms with Crippen LogP contribution >= 0.6 is 0 Å². The molecule has 2 aliphatic rings. The van der Waals surface area contributed by atoms with E-state index in [4.69, 9.17) is 4.74 Å². The molecule has 0 saturated carbocycles. The Hall–Kier alpha value is -2.59. The van der Waals surface area contributed by atoms with E-state index in [0.29, 0.717) is 35.6 Å². The summed E-state index contributed by atoms with van der Waals surface area (Å²) < 4.78 is 32.8. The number of ether oxygens (including phenoxy) is 1. The number of benzene rings is 1. The molecule has 3 rings (SSSR count). The molecule has 0 radical (unpaired) electrons. The molecule has 0 atom stereocenters. The molecule has 10 heteroatoms. The number of rotatable bonds is 7. The summed E-state index contributed by atoms with van der Waals surface area (Å²) in [6, 6.07) is 4.73. The first kappa shape index (κ1) is 22.1. The fourth-order valence-electron chi connectivity index (χ4n) is 3.52. The summed E-state index contributed by atoms with van der Waals surface area (Å²) >= 11 is 0. The lowest BCUT2D eigenvalue weighted by Gasteiger charge is -2.27. The van der Waals surface area contributed by atoms with E-state index in [0.717, 1.165) is 19.3 Å². The van der Waals surface area contributed by atoms with Gasteiger partial charge in [0.25, 0.3) is 0 Å². The number of sulfonamides is 1. The number of hydrogen-bond acceptors (Lipinski definition) is 6. The number of carbonyl (C=O) groups excluding carboxylic acids is 2. The van der Waals surface area contributed by atoms with Crippen LogP contribution in [0.1, 0.15) is 31.7 Å². The quantitative estimate of drug-likeness (QED) is 0.560. The van der Waals surface area contributed by atoms with Gasteiger partial charge in [0.15, 0.2) is 0 Å². The Morgan fingerprint density at radius 2 is 1.97 bits per heavy atom. The highest BCUT2D eigenvalue weighted by Crippen LogP contribution is 2.26. The molecule has 3 N–H and O–H groups in total. The van der Waals surface area contributed by atoms with Crippen molar-refractivity contribution in [2.24, 2.45) is 0 Å². The predicted molar refractivity (Wildman–Crippen MR) is 112 cm³/mol. The normalized spacial score (nSPS) is 17.9. The Morgan fingerprint density at radius 1 is 1.23 bits per heavy atom. The number of hydrogen-bond donors (Lipinski definition) is 3. The van der Waals surface area contributed by atoms with Crippen LogP contribution in [-0.2, 0) is 19.6 Å². The first-order chi connectivity index (χ1) is 14.3. The maximum atomic E-state index is 13.1. The van der Waals surface area contributed by atoms with Crippen molar-refractivity contribution < 1.29 is 22.7 Å². The zero-order chi connectivity index (χ0) is 21.7. The van der Waals surface area contributed by atoms with Crippen LogP contribution in [0.15, 0.2) is 34.4 Å². The summed E-state index contributed by atoms with van der Waals surface area (Å²) in [4.78, 5) is 24.1. The molecule has 1 fully saturated rings. The molecule has 2 heterocycles. The average Bonchev–Trinajstić information content (AvgIpc) is 2.74. The highest BCUT2D eigenvalue weighted by atomic mass is 32.2. The van der Waals surface area contributed by atoms with E-state index in [1.54, 1.807) is 32.0 Å².